The Labute approximate surface area is 134 Å². The minimum absolute atomic E-state index is 0.208. The molecule has 0 aliphatic carbocycles. The van der Waals surface area contributed by atoms with Gasteiger partial charge in [0.1, 0.15) is 5.82 Å². The molecule has 0 amide bonds. The molecule has 0 bridgehead atoms. The van der Waals surface area contributed by atoms with Gasteiger partial charge >= 0.3 is 0 Å². The molecule has 3 heterocycles. The molecule has 1 saturated heterocycles. The highest BCUT2D eigenvalue weighted by Crippen LogP contribution is 2.20. The zero-order valence-electron chi connectivity index (χ0n) is 13.0. The smallest absolute Gasteiger partial charge is 0.146 e. The Morgan fingerprint density at radius 3 is 2.41 bits per heavy atom. The molecule has 2 aromatic rings. The molecular weight excluding hydrogens is 299 g/mol. The van der Waals surface area contributed by atoms with Gasteiger partial charge in [-0.25, -0.2) is 9.37 Å². The van der Waals surface area contributed by atoms with Crippen LogP contribution >= 0.6 is 11.3 Å². The van der Waals surface area contributed by atoms with Gasteiger partial charge in [0, 0.05) is 50.3 Å². The Morgan fingerprint density at radius 1 is 1.14 bits per heavy atom. The molecule has 4 nitrogen and oxygen atoms in total. The van der Waals surface area contributed by atoms with Crippen molar-refractivity contribution < 1.29 is 4.39 Å². The molecule has 1 fully saturated rings. The quantitative estimate of drug-likeness (QED) is 0.867. The Kier molecular flexibility index (Phi) is 4.81. The molecule has 0 aromatic carbocycles. The number of hydrogen-bond acceptors (Lipinski definition) is 5. The predicted octanol–water partition coefficient (Wildman–Crippen LogP) is 2.61. The number of piperazine rings is 1. The van der Waals surface area contributed by atoms with Crippen molar-refractivity contribution in [1.29, 1.82) is 0 Å². The van der Waals surface area contributed by atoms with Gasteiger partial charge in [-0.05, 0) is 26.0 Å². The third kappa shape index (κ3) is 3.69. The summed E-state index contributed by atoms with van der Waals surface area (Å²) in [5.74, 6) is -0.208. The van der Waals surface area contributed by atoms with Crippen LogP contribution in [0.1, 0.15) is 21.3 Å². The average molecular weight is 320 g/mol. The molecule has 1 aliphatic rings. The fraction of sp³-hybridized carbons (Fsp3) is 0.500. The molecular formula is C16H21FN4S. The van der Waals surface area contributed by atoms with Crippen molar-refractivity contribution in [2.45, 2.75) is 26.9 Å². The minimum Gasteiger partial charge on any atom is -0.296 e. The fourth-order valence-corrected chi connectivity index (χ4v) is 3.75. The maximum absolute atomic E-state index is 13.7. The highest BCUT2D eigenvalue weighted by Gasteiger charge is 2.19. The maximum atomic E-state index is 13.7. The van der Waals surface area contributed by atoms with Crippen molar-refractivity contribution >= 4 is 11.3 Å². The van der Waals surface area contributed by atoms with Crippen LogP contribution in [0.3, 0.4) is 0 Å². The van der Waals surface area contributed by atoms with Crippen LogP contribution in [0.5, 0.6) is 0 Å². The van der Waals surface area contributed by atoms with Gasteiger partial charge in [-0.2, -0.15) is 0 Å². The molecule has 0 spiro atoms. The summed E-state index contributed by atoms with van der Waals surface area (Å²) in [6.45, 7) is 9.62. The molecule has 0 atom stereocenters. The molecule has 3 rings (SSSR count). The molecule has 1 aliphatic heterocycles. The summed E-state index contributed by atoms with van der Waals surface area (Å²) in [6, 6.07) is 3.11. The van der Waals surface area contributed by atoms with Crippen molar-refractivity contribution in [3.05, 3.63) is 45.4 Å². The van der Waals surface area contributed by atoms with Crippen molar-refractivity contribution in [2.75, 3.05) is 26.2 Å². The second kappa shape index (κ2) is 6.81. The predicted molar refractivity (Wildman–Crippen MR) is 86.3 cm³/mol. The van der Waals surface area contributed by atoms with Crippen LogP contribution in [-0.4, -0.2) is 45.9 Å². The number of halogens is 1. The van der Waals surface area contributed by atoms with E-state index in [-0.39, 0.29) is 5.82 Å². The van der Waals surface area contributed by atoms with Gasteiger partial charge < -0.3 is 0 Å². The second-order valence-electron chi connectivity index (χ2n) is 5.73. The van der Waals surface area contributed by atoms with E-state index in [9.17, 15) is 4.39 Å². The third-order valence-electron chi connectivity index (χ3n) is 4.04. The number of aromatic nitrogens is 2. The van der Waals surface area contributed by atoms with Gasteiger partial charge in [0.05, 0.1) is 16.4 Å². The monoisotopic (exact) mass is 320 g/mol. The van der Waals surface area contributed by atoms with Crippen molar-refractivity contribution in [2.24, 2.45) is 0 Å². The number of pyridine rings is 1. The summed E-state index contributed by atoms with van der Waals surface area (Å²) in [7, 11) is 0. The van der Waals surface area contributed by atoms with Crippen LogP contribution in [0, 0.1) is 19.7 Å². The van der Waals surface area contributed by atoms with Gasteiger partial charge in [0.25, 0.3) is 0 Å². The molecule has 0 unspecified atom stereocenters. The molecule has 2 aromatic heterocycles. The van der Waals surface area contributed by atoms with Crippen molar-refractivity contribution in [3.8, 4) is 0 Å². The summed E-state index contributed by atoms with van der Waals surface area (Å²) in [5, 5.41) is 1.14. The standard InChI is InChI=1S/C16H21FN4S/c1-12-16(22-13(2)19-12)11-21-8-6-20(7-9-21)10-15-14(17)4-3-5-18-15/h3-5H,6-11H2,1-2H3. The van der Waals surface area contributed by atoms with Crippen molar-refractivity contribution in [1.82, 2.24) is 19.8 Å². The number of aryl methyl sites for hydroxylation is 2. The highest BCUT2D eigenvalue weighted by molar-refractivity contribution is 7.11. The van der Waals surface area contributed by atoms with Crippen LogP contribution in [-0.2, 0) is 13.1 Å². The van der Waals surface area contributed by atoms with E-state index in [1.165, 1.54) is 10.9 Å². The van der Waals surface area contributed by atoms with E-state index in [0.717, 1.165) is 43.4 Å². The van der Waals surface area contributed by atoms with Crippen LogP contribution in [0.4, 0.5) is 4.39 Å². The van der Waals surface area contributed by atoms with Crippen molar-refractivity contribution in [3.63, 3.8) is 0 Å². The summed E-state index contributed by atoms with van der Waals surface area (Å²) >= 11 is 1.79. The summed E-state index contributed by atoms with van der Waals surface area (Å²) in [6.07, 6.45) is 1.66. The fourth-order valence-electron chi connectivity index (χ4n) is 2.78. The number of rotatable bonds is 4. The normalized spacial score (nSPS) is 17.0. The van der Waals surface area contributed by atoms with Gasteiger partial charge in [-0.3, -0.25) is 14.8 Å². The third-order valence-corrected chi connectivity index (χ3v) is 5.10. The first-order valence-electron chi connectivity index (χ1n) is 7.59. The zero-order valence-corrected chi connectivity index (χ0v) is 13.9. The van der Waals surface area contributed by atoms with E-state index in [0.29, 0.717) is 12.2 Å². The SMILES string of the molecule is Cc1nc(C)c(CN2CCN(Cc3ncccc3F)CC2)s1. The average Bonchev–Trinajstić information content (AvgIpc) is 2.81. The lowest BCUT2D eigenvalue weighted by molar-refractivity contribution is 0.120. The molecule has 6 heteroatoms. The Hall–Kier alpha value is -1.37. The Balaban J connectivity index is 1.52. The first-order valence-corrected chi connectivity index (χ1v) is 8.40. The van der Waals surface area contributed by atoms with E-state index in [2.05, 4.69) is 33.6 Å². The first-order chi connectivity index (χ1) is 10.6. The van der Waals surface area contributed by atoms with Crippen LogP contribution in [0.25, 0.3) is 0 Å². The van der Waals surface area contributed by atoms with Gasteiger partial charge in [0.2, 0.25) is 0 Å². The van der Waals surface area contributed by atoms with E-state index in [1.54, 1.807) is 23.6 Å². The van der Waals surface area contributed by atoms with E-state index >= 15 is 0 Å². The summed E-state index contributed by atoms with van der Waals surface area (Å²) < 4.78 is 13.7. The Morgan fingerprint density at radius 2 is 1.82 bits per heavy atom. The Bertz CT molecular complexity index is 635. The number of nitrogens with zero attached hydrogens (tertiary/aromatic N) is 4. The van der Waals surface area contributed by atoms with E-state index < -0.39 is 0 Å². The van der Waals surface area contributed by atoms with Crippen LogP contribution in [0.15, 0.2) is 18.3 Å². The molecule has 0 saturated carbocycles. The summed E-state index contributed by atoms with van der Waals surface area (Å²) in [5.41, 5.74) is 1.70. The molecule has 0 N–H and O–H groups in total. The highest BCUT2D eigenvalue weighted by atomic mass is 32.1. The summed E-state index contributed by atoms with van der Waals surface area (Å²) in [4.78, 5) is 14.7. The van der Waals surface area contributed by atoms with E-state index in [4.69, 9.17) is 0 Å². The lowest BCUT2D eigenvalue weighted by atomic mass is 10.2. The second-order valence-corrected chi connectivity index (χ2v) is 7.01. The van der Waals surface area contributed by atoms with Crippen LogP contribution in [0.2, 0.25) is 0 Å². The largest absolute Gasteiger partial charge is 0.296 e. The topological polar surface area (TPSA) is 32.3 Å². The van der Waals surface area contributed by atoms with Gasteiger partial charge in [-0.1, -0.05) is 0 Å². The molecule has 118 valence electrons. The number of hydrogen-bond donors (Lipinski definition) is 0. The van der Waals surface area contributed by atoms with E-state index in [1.807, 2.05) is 0 Å². The number of thiazole rings is 1. The van der Waals surface area contributed by atoms with Gasteiger partial charge in [0.15, 0.2) is 0 Å². The first kappa shape index (κ1) is 15.5. The lowest BCUT2D eigenvalue weighted by Crippen LogP contribution is -2.45. The maximum Gasteiger partial charge on any atom is 0.146 e. The lowest BCUT2D eigenvalue weighted by Gasteiger charge is -2.34. The van der Waals surface area contributed by atoms with Crippen LogP contribution < -0.4 is 0 Å². The molecule has 0 radical (unpaired) electrons. The minimum atomic E-state index is -0.208. The zero-order chi connectivity index (χ0) is 15.5. The van der Waals surface area contributed by atoms with Gasteiger partial charge in [-0.15, -0.1) is 11.3 Å². The molecule has 22 heavy (non-hydrogen) atoms.